The second kappa shape index (κ2) is 4.79. The fraction of sp³-hybridized carbons (Fsp3) is 0.385. The summed E-state index contributed by atoms with van der Waals surface area (Å²) in [5, 5.41) is 16.6. The molecule has 2 N–H and O–H groups in total. The largest absolute Gasteiger partial charge is 0.346 e. The van der Waals surface area contributed by atoms with Crippen LogP contribution in [0, 0.1) is 5.92 Å². The Hall–Kier alpha value is -2.24. The summed E-state index contributed by atoms with van der Waals surface area (Å²) in [6, 6.07) is 7.98. The molecule has 1 aromatic carbocycles. The minimum absolute atomic E-state index is 0.00625. The van der Waals surface area contributed by atoms with Gasteiger partial charge in [-0.3, -0.25) is 4.79 Å². The summed E-state index contributed by atoms with van der Waals surface area (Å²) >= 11 is 0. The number of nitrogens with one attached hydrogen (secondary N) is 2. The van der Waals surface area contributed by atoms with E-state index in [9.17, 15) is 4.79 Å². The van der Waals surface area contributed by atoms with Crippen LogP contribution < -0.4 is 5.32 Å². The van der Waals surface area contributed by atoms with Crippen LogP contribution in [0.25, 0.3) is 0 Å². The molecule has 3 rings (SSSR count). The third-order valence-corrected chi connectivity index (χ3v) is 3.53. The minimum Gasteiger partial charge on any atom is -0.346 e. The van der Waals surface area contributed by atoms with Crippen LogP contribution in [0.2, 0.25) is 0 Å². The highest BCUT2D eigenvalue weighted by atomic mass is 16.2. The number of nitrogens with zero attached hydrogens (tertiary/aromatic N) is 3. The molecular formula is C13H15N5O. The Balaban J connectivity index is 1.64. The molecule has 0 saturated carbocycles. The summed E-state index contributed by atoms with van der Waals surface area (Å²) in [6.45, 7) is 1.85. The molecule has 1 aliphatic rings. The first-order chi connectivity index (χ1) is 9.24. The molecule has 1 heterocycles. The molecule has 0 spiro atoms. The Morgan fingerprint density at radius 3 is 2.63 bits per heavy atom. The number of aromatic amines is 1. The molecule has 1 unspecified atom stereocenters. The summed E-state index contributed by atoms with van der Waals surface area (Å²) < 4.78 is 0. The van der Waals surface area contributed by atoms with E-state index in [0.29, 0.717) is 5.82 Å². The van der Waals surface area contributed by atoms with Crippen molar-refractivity contribution in [3.8, 4) is 0 Å². The lowest BCUT2D eigenvalue weighted by Crippen LogP contribution is -2.33. The number of aromatic nitrogens is 4. The smallest absolute Gasteiger partial charge is 0.224 e. The Bertz CT molecular complexity index is 555. The van der Waals surface area contributed by atoms with Gasteiger partial charge >= 0.3 is 0 Å². The van der Waals surface area contributed by atoms with Crippen molar-refractivity contribution in [2.45, 2.75) is 25.8 Å². The van der Waals surface area contributed by atoms with E-state index in [1.165, 1.54) is 11.1 Å². The third kappa shape index (κ3) is 2.33. The van der Waals surface area contributed by atoms with Crippen LogP contribution in [0.4, 0.5) is 0 Å². The van der Waals surface area contributed by atoms with Gasteiger partial charge in [0.15, 0.2) is 5.82 Å². The van der Waals surface area contributed by atoms with Crippen LogP contribution in [0.5, 0.6) is 0 Å². The number of H-pyrrole nitrogens is 1. The molecule has 1 aliphatic carbocycles. The topological polar surface area (TPSA) is 83.6 Å². The number of rotatable bonds is 3. The predicted molar refractivity (Wildman–Crippen MR) is 68.1 cm³/mol. The SMILES string of the molecule is CC(NC(=O)C1Cc2ccccc2C1)c1nn[nH]n1. The fourth-order valence-corrected chi connectivity index (χ4v) is 2.49. The molecule has 2 aromatic rings. The standard InChI is InChI=1S/C13H15N5O/c1-8(12-15-17-18-16-12)14-13(19)11-6-9-4-2-3-5-10(9)7-11/h2-5,8,11H,6-7H2,1H3,(H,14,19)(H,15,16,17,18). The first-order valence-electron chi connectivity index (χ1n) is 6.34. The summed E-state index contributed by atoms with van der Waals surface area (Å²) in [7, 11) is 0. The number of amides is 1. The van der Waals surface area contributed by atoms with E-state index in [4.69, 9.17) is 0 Å². The summed E-state index contributed by atoms with van der Waals surface area (Å²) in [6.07, 6.45) is 1.61. The molecule has 1 atom stereocenters. The number of carbonyl (C=O) groups excluding carboxylic acids is 1. The maximum atomic E-state index is 12.2. The maximum Gasteiger partial charge on any atom is 0.224 e. The van der Waals surface area contributed by atoms with E-state index in [1.807, 2.05) is 19.1 Å². The molecule has 98 valence electrons. The van der Waals surface area contributed by atoms with Crippen LogP contribution in [-0.2, 0) is 17.6 Å². The van der Waals surface area contributed by atoms with Crippen molar-refractivity contribution in [3.05, 3.63) is 41.2 Å². The minimum atomic E-state index is -0.227. The molecule has 0 bridgehead atoms. The predicted octanol–water partition coefficient (Wildman–Crippen LogP) is 0.792. The Morgan fingerprint density at radius 2 is 2.05 bits per heavy atom. The van der Waals surface area contributed by atoms with Crippen molar-refractivity contribution in [2.24, 2.45) is 5.92 Å². The maximum absolute atomic E-state index is 12.2. The zero-order valence-corrected chi connectivity index (χ0v) is 10.6. The summed E-state index contributed by atoms with van der Waals surface area (Å²) in [4.78, 5) is 12.2. The Kier molecular flexibility index (Phi) is 2.98. The van der Waals surface area contributed by atoms with E-state index < -0.39 is 0 Å². The number of tetrazole rings is 1. The average Bonchev–Trinajstić information content (AvgIpc) is 3.07. The van der Waals surface area contributed by atoms with Crippen LogP contribution in [0.3, 0.4) is 0 Å². The Morgan fingerprint density at radius 1 is 1.37 bits per heavy atom. The van der Waals surface area contributed by atoms with E-state index in [-0.39, 0.29) is 17.9 Å². The molecule has 19 heavy (non-hydrogen) atoms. The second-order valence-corrected chi connectivity index (χ2v) is 4.87. The van der Waals surface area contributed by atoms with E-state index in [2.05, 4.69) is 38.1 Å². The van der Waals surface area contributed by atoms with E-state index in [1.54, 1.807) is 0 Å². The zero-order chi connectivity index (χ0) is 13.2. The van der Waals surface area contributed by atoms with Gasteiger partial charge in [0.05, 0.1) is 6.04 Å². The monoisotopic (exact) mass is 257 g/mol. The van der Waals surface area contributed by atoms with Crippen LogP contribution >= 0.6 is 0 Å². The number of benzene rings is 1. The summed E-state index contributed by atoms with van der Waals surface area (Å²) in [5.41, 5.74) is 2.55. The van der Waals surface area contributed by atoms with E-state index in [0.717, 1.165) is 12.8 Å². The van der Waals surface area contributed by atoms with Gasteiger partial charge < -0.3 is 5.32 Å². The van der Waals surface area contributed by atoms with Crippen molar-refractivity contribution in [1.29, 1.82) is 0 Å². The van der Waals surface area contributed by atoms with Crippen molar-refractivity contribution in [1.82, 2.24) is 25.9 Å². The van der Waals surface area contributed by atoms with Gasteiger partial charge in [-0.05, 0) is 30.9 Å². The molecule has 0 fully saturated rings. The first-order valence-corrected chi connectivity index (χ1v) is 6.34. The van der Waals surface area contributed by atoms with Crippen LogP contribution in [0.15, 0.2) is 24.3 Å². The van der Waals surface area contributed by atoms with Crippen molar-refractivity contribution in [3.63, 3.8) is 0 Å². The highest BCUT2D eigenvalue weighted by Gasteiger charge is 2.28. The first kappa shape index (κ1) is 11.8. The number of carbonyl (C=O) groups is 1. The lowest BCUT2D eigenvalue weighted by atomic mass is 10.1. The fourth-order valence-electron chi connectivity index (χ4n) is 2.49. The molecular weight excluding hydrogens is 242 g/mol. The highest BCUT2D eigenvalue weighted by Crippen LogP contribution is 2.26. The van der Waals surface area contributed by atoms with E-state index >= 15 is 0 Å². The van der Waals surface area contributed by atoms with Gasteiger partial charge in [-0.1, -0.05) is 29.5 Å². The quantitative estimate of drug-likeness (QED) is 0.851. The van der Waals surface area contributed by atoms with Gasteiger partial charge in [-0.15, -0.1) is 10.2 Å². The van der Waals surface area contributed by atoms with Crippen LogP contribution in [0.1, 0.15) is 29.9 Å². The van der Waals surface area contributed by atoms with Crippen molar-refractivity contribution < 1.29 is 4.79 Å². The Labute approximate surface area is 110 Å². The third-order valence-electron chi connectivity index (χ3n) is 3.53. The van der Waals surface area contributed by atoms with Gasteiger partial charge in [-0.2, -0.15) is 5.21 Å². The zero-order valence-electron chi connectivity index (χ0n) is 10.6. The number of hydrogen-bond acceptors (Lipinski definition) is 4. The van der Waals surface area contributed by atoms with Gasteiger partial charge in [0.2, 0.25) is 5.91 Å². The van der Waals surface area contributed by atoms with Crippen molar-refractivity contribution >= 4 is 5.91 Å². The molecule has 0 saturated heterocycles. The molecule has 6 nitrogen and oxygen atoms in total. The van der Waals surface area contributed by atoms with Gasteiger partial charge in [-0.25, -0.2) is 0 Å². The number of hydrogen-bond donors (Lipinski definition) is 2. The van der Waals surface area contributed by atoms with Crippen LogP contribution in [-0.4, -0.2) is 26.5 Å². The lowest BCUT2D eigenvalue weighted by Gasteiger charge is -2.14. The van der Waals surface area contributed by atoms with Gasteiger partial charge in [0.1, 0.15) is 0 Å². The average molecular weight is 257 g/mol. The second-order valence-electron chi connectivity index (χ2n) is 4.87. The summed E-state index contributed by atoms with van der Waals surface area (Å²) in [5.74, 6) is 0.559. The molecule has 0 aliphatic heterocycles. The molecule has 0 radical (unpaired) electrons. The highest BCUT2D eigenvalue weighted by molar-refractivity contribution is 5.80. The normalized spacial score (nSPS) is 16.1. The van der Waals surface area contributed by atoms with Crippen molar-refractivity contribution in [2.75, 3.05) is 0 Å². The lowest BCUT2D eigenvalue weighted by molar-refractivity contribution is -0.125. The van der Waals surface area contributed by atoms with Gasteiger partial charge in [0.25, 0.3) is 0 Å². The van der Waals surface area contributed by atoms with Gasteiger partial charge in [0, 0.05) is 5.92 Å². The molecule has 6 heteroatoms. The number of fused-ring (bicyclic) bond motifs is 1. The molecule has 1 aromatic heterocycles. The molecule has 1 amide bonds.